The summed E-state index contributed by atoms with van der Waals surface area (Å²) in [5.74, 6) is -0.253. The fourth-order valence-corrected chi connectivity index (χ4v) is 3.99. The van der Waals surface area contributed by atoms with Gasteiger partial charge in [0, 0.05) is 6.54 Å². The van der Waals surface area contributed by atoms with Crippen molar-refractivity contribution in [3.05, 3.63) is 54.6 Å². The molecular formula is C18H20N2O3S. The second-order valence-corrected chi connectivity index (χ2v) is 7.57. The first-order chi connectivity index (χ1) is 11.6. The zero-order valence-corrected chi connectivity index (χ0v) is 14.1. The lowest BCUT2D eigenvalue weighted by atomic mass is 10.1. The molecule has 0 spiro atoms. The predicted octanol–water partition coefficient (Wildman–Crippen LogP) is 2.30. The maximum Gasteiger partial charge on any atom is 0.241 e. The van der Waals surface area contributed by atoms with Crippen molar-refractivity contribution < 1.29 is 13.2 Å². The topological polar surface area (TPSA) is 75.3 Å². The Hall–Kier alpha value is -2.18. The van der Waals surface area contributed by atoms with Gasteiger partial charge in [-0.1, -0.05) is 42.5 Å². The fraction of sp³-hybridized carbons (Fsp3) is 0.278. The number of rotatable bonds is 4. The van der Waals surface area contributed by atoms with E-state index in [4.69, 9.17) is 0 Å². The van der Waals surface area contributed by atoms with Crippen molar-refractivity contribution in [2.24, 2.45) is 0 Å². The van der Waals surface area contributed by atoms with Crippen LogP contribution in [0, 0.1) is 0 Å². The molecule has 0 unspecified atom stereocenters. The average Bonchev–Trinajstić information content (AvgIpc) is 2.80. The van der Waals surface area contributed by atoms with E-state index in [-0.39, 0.29) is 10.8 Å². The van der Waals surface area contributed by atoms with Gasteiger partial charge in [-0.15, -0.1) is 0 Å². The molecule has 1 atom stereocenters. The van der Waals surface area contributed by atoms with Gasteiger partial charge in [0.1, 0.15) is 6.04 Å². The van der Waals surface area contributed by atoms with Gasteiger partial charge in [0.15, 0.2) is 0 Å². The Balaban J connectivity index is 1.78. The molecule has 2 N–H and O–H groups in total. The summed E-state index contributed by atoms with van der Waals surface area (Å²) in [7, 11) is -3.72. The van der Waals surface area contributed by atoms with Gasteiger partial charge in [0.2, 0.25) is 15.9 Å². The highest BCUT2D eigenvalue weighted by atomic mass is 32.2. The quantitative estimate of drug-likeness (QED) is 0.894. The normalized spacial score (nSPS) is 18.7. The molecular weight excluding hydrogens is 324 g/mol. The molecule has 1 aliphatic heterocycles. The van der Waals surface area contributed by atoms with Crippen LogP contribution in [0.3, 0.4) is 0 Å². The molecule has 1 aliphatic rings. The molecule has 2 aromatic rings. The molecule has 0 saturated carbocycles. The van der Waals surface area contributed by atoms with E-state index in [2.05, 4.69) is 10.0 Å². The van der Waals surface area contributed by atoms with Crippen LogP contribution in [0.15, 0.2) is 59.5 Å². The summed E-state index contributed by atoms with van der Waals surface area (Å²) in [6.07, 6.45) is 2.21. The van der Waals surface area contributed by atoms with E-state index >= 15 is 0 Å². The van der Waals surface area contributed by atoms with Gasteiger partial charge in [-0.25, -0.2) is 8.42 Å². The minimum Gasteiger partial charge on any atom is -0.355 e. The van der Waals surface area contributed by atoms with Gasteiger partial charge < -0.3 is 5.32 Å². The molecule has 6 heteroatoms. The van der Waals surface area contributed by atoms with Gasteiger partial charge in [-0.2, -0.15) is 4.72 Å². The van der Waals surface area contributed by atoms with Crippen LogP contribution in [0.5, 0.6) is 0 Å². The number of sulfonamides is 1. The Bertz CT molecular complexity index is 802. The Labute approximate surface area is 142 Å². The van der Waals surface area contributed by atoms with Crippen molar-refractivity contribution in [3.8, 4) is 11.1 Å². The van der Waals surface area contributed by atoms with Gasteiger partial charge in [-0.3, -0.25) is 4.79 Å². The van der Waals surface area contributed by atoms with Crippen molar-refractivity contribution in [3.63, 3.8) is 0 Å². The number of hydrogen-bond acceptors (Lipinski definition) is 3. The zero-order valence-electron chi connectivity index (χ0n) is 13.2. The van der Waals surface area contributed by atoms with E-state index in [1.54, 1.807) is 24.3 Å². The second-order valence-electron chi connectivity index (χ2n) is 5.85. The van der Waals surface area contributed by atoms with Gasteiger partial charge in [-0.05, 0) is 42.5 Å². The third-order valence-corrected chi connectivity index (χ3v) is 5.59. The van der Waals surface area contributed by atoms with Crippen LogP contribution < -0.4 is 10.0 Å². The first kappa shape index (κ1) is 16.7. The number of carbonyl (C=O) groups excluding carboxylic acids is 1. The van der Waals surface area contributed by atoms with Crippen LogP contribution in [0.4, 0.5) is 0 Å². The summed E-state index contributed by atoms with van der Waals surface area (Å²) in [5.41, 5.74) is 1.97. The van der Waals surface area contributed by atoms with E-state index < -0.39 is 16.1 Å². The van der Waals surface area contributed by atoms with Crippen LogP contribution >= 0.6 is 0 Å². The molecule has 0 aromatic heterocycles. The molecule has 0 radical (unpaired) electrons. The molecule has 0 aliphatic carbocycles. The Morgan fingerprint density at radius 3 is 2.29 bits per heavy atom. The summed E-state index contributed by atoms with van der Waals surface area (Å²) in [6.45, 7) is 0.600. The molecule has 1 heterocycles. The summed E-state index contributed by atoms with van der Waals surface area (Å²) in [4.78, 5) is 12.1. The molecule has 1 amide bonds. The smallest absolute Gasteiger partial charge is 0.241 e. The molecule has 24 heavy (non-hydrogen) atoms. The number of hydrogen-bond donors (Lipinski definition) is 2. The Kier molecular flexibility index (Phi) is 4.97. The van der Waals surface area contributed by atoms with E-state index in [1.165, 1.54) is 0 Å². The lowest BCUT2D eigenvalue weighted by molar-refractivity contribution is -0.122. The van der Waals surface area contributed by atoms with Crippen LogP contribution in [-0.4, -0.2) is 26.9 Å². The maximum absolute atomic E-state index is 12.5. The van der Waals surface area contributed by atoms with Crippen LogP contribution in [0.1, 0.15) is 19.3 Å². The number of nitrogens with one attached hydrogen (secondary N) is 2. The van der Waals surface area contributed by atoms with E-state index in [9.17, 15) is 13.2 Å². The summed E-state index contributed by atoms with van der Waals surface area (Å²) >= 11 is 0. The van der Waals surface area contributed by atoms with Gasteiger partial charge in [0.25, 0.3) is 0 Å². The first-order valence-corrected chi connectivity index (χ1v) is 9.50. The average molecular weight is 344 g/mol. The second kappa shape index (κ2) is 7.15. The summed E-state index contributed by atoms with van der Waals surface area (Å²) in [5, 5.41) is 2.73. The van der Waals surface area contributed by atoms with Crippen molar-refractivity contribution in [2.75, 3.05) is 6.54 Å². The number of benzene rings is 2. The monoisotopic (exact) mass is 344 g/mol. The number of amides is 1. The van der Waals surface area contributed by atoms with Crippen LogP contribution in [-0.2, 0) is 14.8 Å². The van der Waals surface area contributed by atoms with Gasteiger partial charge in [0.05, 0.1) is 4.90 Å². The standard InChI is InChI=1S/C18H20N2O3S/c21-18-17(8-4-5-13-19-18)20-24(22,23)16-11-9-15(10-12-16)14-6-2-1-3-7-14/h1-3,6-7,9-12,17,20H,4-5,8,13H2,(H,19,21)/t17-/m1/s1. The third kappa shape index (κ3) is 3.83. The largest absolute Gasteiger partial charge is 0.355 e. The molecule has 2 aromatic carbocycles. The number of carbonyl (C=O) groups is 1. The Morgan fingerprint density at radius 2 is 1.58 bits per heavy atom. The van der Waals surface area contributed by atoms with Crippen molar-refractivity contribution >= 4 is 15.9 Å². The van der Waals surface area contributed by atoms with Crippen LogP contribution in [0.25, 0.3) is 11.1 Å². The van der Waals surface area contributed by atoms with Crippen molar-refractivity contribution in [1.29, 1.82) is 0 Å². The first-order valence-electron chi connectivity index (χ1n) is 8.02. The van der Waals surface area contributed by atoms with E-state index in [0.717, 1.165) is 24.0 Å². The highest BCUT2D eigenvalue weighted by molar-refractivity contribution is 7.89. The predicted molar refractivity (Wildman–Crippen MR) is 92.8 cm³/mol. The van der Waals surface area contributed by atoms with E-state index in [1.807, 2.05) is 30.3 Å². The van der Waals surface area contributed by atoms with Crippen molar-refractivity contribution in [1.82, 2.24) is 10.0 Å². The summed E-state index contributed by atoms with van der Waals surface area (Å²) < 4.78 is 27.6. The molecule has 3 rings (SSSR count). The minimum atomic E-state index is -3.72. The maximum atomic E-state index is 12.5. The summed E-state index contributed by atoms with van der Waals surface area (Å²) in [6, 6.07) is 15.7. The Morgan fingerprint density at radius 1 is 0.917 bits per heavy atom. The third-order valence-electron chi connectivity index (χ3n) is 4.10. The van der Waals surface area contributed by atoms with Gasteiger partial charge >= 0.3 is 0 Å². The SMILES string of the molecule is O=C1NCCCC[C@H]1NS(=O)(=O)c1ccc(-c2ccccc2)cc1. The fourth-order valence-electron chi connectivity index (χ4n) is 2.76. The lowest BCUT2D eigenvalue weighted by Gasteiger charge is -2.15. The zero-order chi connectivity index (χ0) is 17.0. The minimum absolute atomic E-state index is 0.166. The molecule has 5 nitrogen and oxygen atoms in total. The molecule has 0 bridgehead atoms. The molecule has 126 valence electrons. The van der Waals surface area contributed by atoms with E-state index in [0.29, 0.717) is 13.0 Å². The highest BCUT2D eigenvalue weighted by Gasteiger charge is 2.26. The molecule has 1 fully saturated rings. The lowest BCUT2D eigenvalue weighted by Crippen LogP contribution is -2.45. The molecule has 1 saturated heterocycles. The highest BCUT2D eigenvalue weighted by Crippen LogP contribution is 2.21. The van der Waals surface area contributed by atoms with Crippen LogP contribution in [0.2, 0.25) is 0 Å². The van der Waals surface area contributed by atoms with Crippen molar-refractivity contribution in [2.45, 2.75) is 30.2 Å².